The first-order valence-electron chi connectivity index (χ1n) is 5.25. The molecule has 4 nitrogen and oxygen atoms in total. The molecule has 1 aliphatic rings. The van der Waals surface area contributed by atoms with Crippen LogP contribution in [0, 0.1) is 0 Å². The second-order valence-electron chi connectivity index (χ2n) is 3.99. The summed E-state index contributed by atoms with van der Waals surface area (Å²) >= 11 is 0. The summed E-state index contributed by atoms with van der Waals surface area (Å²) in [6.45, 7) is 5.65. The fourth-order valence-electron chi connectivity index (χ4n) is 1.93. The number of hydrogen-bond acceptors (Lipinski definition) is 3. The molecule has 14 heavy (non-hydrogen) atoms. The molecule has 1 saturated heterocycles. The number of nitrogens with two attached hydrogens (primary N) is 1. The highest BCUT2D eigenvalue weighted by Crippen LogP contribution is 2.16. The monoisotopic (exact) mass is 200 g/mol. The van der Waals surface area contributed by atoms with Crippen LogP contribution in [-0.4, -0.2) is 42.6 Å². The lowest BCUT2D eigenvalue weighted by Crippen LogP contribution is -2.52. The van der Waals surface area contributed by atoms with E-state index in [4.69, 9.17) is 10.5 Å². The van der Waals surface area contributed by atoms with Crippen LogP contribution in [0.4, 0.5) is 0 Å². The molecule has 0 aromatic heterocycles. The summed E-state index contributed by atoms with van der Waals surface area (Å²) in [4.78, 5) is 13.5. The van der Waals surface area contributed by atoms with Crippen molar-refractivity contribution in [2.45, 2.75) is 38.8 Å². The summed E-state index contributed by atoms with van der Waals surface area (Å²) in [6.07, 6.45) is 1.89. The van der Waals surface area contributed by atoms with E-state index in [1.165, 1.54) is 0 Å². The van der Waals surface area contributed by atoms with Crippen molar-refractivity contribution in [2.75, 3.05) is 19.8 Å². The Bertz CT molecular complexity index is 195. The van der Waals surface area contributed by atoms with Gasteiger partial charge >= 0.3 is 0 Å². The molecule has 82 valence electrons. The number of amides is 1. The topological polar surface area (TPSA) is 55.6 Å². The average molecular weight is 200 g/mol. The Morgan fingerprint density at radius 3 is 2.93 bits per heavy atom. The van der Waals surface area contributed by atoms with Crippen LogP contribution in [0.1, 0.15) is 26.7 Å². The van der Waals surface area contributed by atoms with Crippen molar-refractivity contribution >= 4 is 5.91 Å². The molecule has 0 spiro atoms. The molecule has 0 aromatic carbocycles. The van der Waals surface area contributed by atoms with Gasteiger partial charge in [0.05, 0.1) is 12.6 Å². The smallest absolute Gasteiger partial charge is 0.249 e. The van der Waals surface area contributed by atoms with Crippen LogP contribution in [0.25, 0.3) is 0 Å². The molecule has 1 aliphatic heterocycles. The zero-order valence-corrected chi connectivity index (χ0v) is 9.03. The molecule has 1 heterocycles. The predicted octanol–water partition coefficient (Wildman–Crippen LogP) is 0.361. The highest BCUT2D eigenvalue weighted by Gasteiger charge is 2.29. The average Bonchev–Trinajstić information content (AvgIpc) is 2.14. The first kappa shape index (κ1) is 11.5. The van der Waals surface area contributed by atoms with E-state index in [-0.39, 0.29) is 24.6 Å². The maximum atomic E-state index is 11.6. The molecule has 1 unspecified atom stereocenters. The number of ether oxygens (including phenoxy) is 1. The number of nitrogens with zero attached hydrogens (tertiary/aromatic N) is 1. The van der Waals surface area contributed by atoms with E-state index in [0.29, 0.717) is 13.2 Å². The van der Waals surface area contributed by atoms with Crippen molar-refractivity contribution in [1.29, 1.82) is 0 Å². The number of carbonyl (C=O) groups excluding carboxylic acids is 1. The lowest BCUT2D eigenvalue weighted by molar-refractivity contribution is -0.151. The Hall–Kier alpha value is -0.610. The fraction of sp³-hybridized carbons (Fsp3) is 0.900. The third-order valence-corrected chi connectivity index (χ3v) is 2.51. The third kappa shape index (κ3) is 2.69. The normalized spacial score (nSPS) is 23.3. The second-order valence-corrected chi connectivity index (χ2v) is 3.99. The lowest BCUT2D eigenvalue weighted by atomic mass is 10.1. The van der Waals surface area contributed by atoms with E-state index < -0.39 is 0 Å². The summed E-state index contributed by atoms with van der Waals surface area (Å²) < 4.78 is 5.24. The zero-order valence-electron chi connectivity index (χ0n) is 9.03. The third-order valence-electron chi connectivity index (χ3n) is 2.51. The Kier molecular flexibility index (Phi) is 4.35. The molecule has 1 atom stereocenters. The predicted molar refractivity (Wildman–Crippen MR) is 54.9 cm³/mol. The van der Waals surface area contributed by atoms with Crippen molar-refractivity contribution in [3.63, 3.8) is 0 Å². The van der Waals surface area contributed by atoms with Crippen molar-refractivity contribution in [2.24, 2.45) is 5.73 Å². The summed E-state index contributed by atoms with van der Waals surface area (Å²) in [5.74, 6) is 0.105. The molecule has 1 amide bonds. The quantitative estimate of drug-likeness (QED) is 0.713. The maximum Gasteiger partial charge on any atom is 0.249 e. The number of rotatable bonds is 4. The molecule has 1 fully saturated rings. The maximum absolute atomic E-state index is 11.6. The van der Waals surface area contributed by atoms with E-state index in [9.17, 15) is 4.79 Å². The van der Waals surface area contributed by atoms with Crippen LogP contribution in [0.2, 0.25) is 0 Å². The summed E-state index contributed by atoms with van der Waals surface area (Å²) in [6, 6.07) is 0.481. The lowest BCUT2D eigenvalue weighted by Gasteiger charge is -2.38. The summed E-state index contributed by atoms with van der Waals surface area (Å²) in [5.41, 5.74) is 5.46. The van der Waals surface area contributed by atoms with E-state index in [2.05, 4.69) is 0 Å². The van der Waals surface area contributed by atoms with Crippen molar-refractivity contribution in [1.82, 2.24) is 4.90 Å². The second kappa shape index (κ2) is 5.32. The molecule has 1 rings (SSSR count). The fourth-order valence-corrected chi connectivity index (χ4v) is 1.93. The number of carbonyl (C=O) groups is 1. The van der Waals surface area contributed by atoms with Gasteiger partial charge in [-0.05, 0) is 33.2 Å². The zero-order chi connectivity index (χ0) is 10.6. The standard InChI is InChI=1S/C10H20N2O2/c1-8(2)12-9(4-3-5-11)6-14-7-10(12)13/h8-9H,3-7,11H2,1-2H3. The molecule has 0 bridgehead atoms. The van der Waals surface area contributed by atoms with Crippen LogP contribution < -0.4 is 5.73 Å². The van der Waals surface area contributed by atoms with Gasteiger partial charge in [0.1, 0.15) is 6.61 Å². The summed E-state index contributed by atoms with van der Waals surface area (Å²) in [7, 11) is 0. The largest absolute Gasteiger partial charge is 0.369 e. The molecular formula is C10H20N2O2. The Morgan fingerprint density at radius 1 is 1.64 bits per heavy atom. The molecule has 0 saturated carbocycles. The highest BCUT2D eigenvalue weighted by molar-refractivity contribution is 5.78. The molecule has 0 aromatic rings. The van der Waals surface area contributed by atoms with Crippen molar-refractivity contribution in [3.05, 3.63) is 0 Å². The molecule has 2 N–H and O–H groups in total. The van der Waals surface area contributed by atoms with Crippen LogP contribution in [0.15, 0.2) is 0 Å². The van der Waals surface area contributed by atoms with E-state index in [0.717, 1.165) is 12.8 Å². The van der Waals surface area contributed by atoms with E-state index in [1.807, 2.05) is 18.7 Å². The van der Waals surface area contributed by atoms with Gasteiger partial charge in [0, 0.05) is 6.04 Å². The van der Waals surface area contributed by atoms with Gasteiger partial charge in [0.25, 0.3) is 0 Å². The van der Waals surface area contributed by atoms with Crippen LogP contribution in [0.5, 0.6) is 0 Å². The molecule has 0 radical (unpaired) electrons. The van der Waals surface area contributed by atoms with Crippen LogP contribution in [0.3, 0.4) is 0 Å². The van der Waals surface area contributed by atoms with Gasteiger partial charge in [-0.3, -0.25) is 4.79 Å². The minimum absolute atomic E-state index is 0.105. The Morgan fingerprint density at radius 2 is 2.36 bits per heavy atom. The SMILES string of the molecule is CC(C)N1C(=O)COCC1CCCN. The highest BCUT2D eigenvalue weighted by atomic mass is 16.5. The van der Waals surface area contributed by atoms with Crippen LogP contribution in [-0.2, 0) is 9.53 Å². The number of morpholine rings is 1. The van der Waals surface area contributed by atoms with E-state index >= 15 is 0 Å². The molecule has 4 heteroatoms. The summed E-state index contributed by atoms with van der Waals surface area (Å²) in [5, 5.41) is 0. The minimum atomic E-state index is 0.105. The van der Waals surface area contributed by atoms with Gasteiger partial charge in [-0.1, -0.05) is 0 Å². The van der Waals surface area contributed by atoms with Gasteiger partial charge in [0.2, 0.25) is 5.91 Å². The van der Waals surface area contributed by atoms with Crippen molar-refractivity contribution < 1.29 is 9.53 Å². The van der Waals surface area contributed by atoms with Crippen molar-refractivity contribution in [3.8, 4) is 0 Å². The minimum Gasteiger partial charge on any atom is -0.369 e. The first-order chi connectivity index (χ1) is 6.66. The van der Waals surface area contributed by atoms with Gasteiger partial charge < -0.3 is 15.4 Å². The van der Waals surface area contributed by atoms with Crippen LogP contribution >= 0.6 is 0 Å². The first-order valence-corrected chi connectivity index (χ1v) is 5.25. The number of hydrogen-bond donors (Lipinski definition) is 1. The van der Waals surface area contributed by atoms with Gasteiger partial charge in [-0.15, -0.1) is 0 Å². The molecule has 0 aliphatic carbocycles. The van der Waals surface area contributed by atoms with Gasteiger partial charge in [-0.25, -0.2) is 0 Å². The molecular weight excluding hydrogens is 180 g/mol. The van der Waals surface area contributed by atoms with E-state index in [1.54, 1.807) is 0 Å². The van der Waals surface area contributed by atoms with Gasteiger partial charge in [0.15, 0.2) is 0 Å². The Labute approximate surface area is 85.4 Å². The Balaban J connectivity index is 2.55. The van der Waals surface area contributed by atoms with Gasteiger partial charge in [-0.2, -0.15) is 0 Å².